The van der Waals surface area contributed by atoms with E-state index in [9.17, 15) is 4.79 Å². The SMILES string of the molecule is NC(=O)c1nc(Nc2ccc(OCc3ccccn3)c(Cl)c2)nc2cc(OCCCN3CCOCC3)ccc12. The molecular formula is C28H29ClN6O4. The summed E-state index contributed by atoms with van der Waals surface area (Å²) in [6, 6.07) is 16.2. The van der Waals surface area contributed by atoms with Gasteiger partial charge >= 0.3 is 0 Å². The quantitative estimate of drug-likeness (QED) is 0.265. The van der Waals surface area contributed by atoms with Crippen LogP contribution in [0.5, 0.6) is 11.5 Å². The number of pyridine rings is 1. The van der Waals surface area contributed by atoms with E-state index >= 15 is 0 Å². The first-order valence-corrected chi connectivity index (χ1v) is 13.1. The molecule has 0 bridgehead atoms. The third kappa shape index (κ3) is 7.11. The lowest BCUT2D eigenvalue weighted by Gasteiger charge is -2.26. The Morgan fingerprint density at radius 3 is 2.72 bits per heavy atom. The first-order valence-electron chi connectivity index (χ1n) is 12.7. The van der Waals surface area contributed by atoms with Gasteiger partial charge in [0.2, 0.25) is 5.95 Å². The number of amides is 1. The van der Waals surface area contributed by atoms with Gasteiger partial charge in [-0.2, -0.15) is 0 Å². The summed E-state index contributed by atoms with van der Waals surface area (Å²) < 4.78 is 17.1. The molecule has 39 heavy (non-hydrogen) atoms. The summed E-state index contributed by atoms with van der Waals surface area (Å²) in [4.78, 5) is 27.7. The van der Waals surface area contributed by atoms with E-state index in [1.807, 2.05) is 18.2 Å². The number of ether oxygens (including phenoxy) is 3. The van der Waals surface area contributed by atoms with Crippen molar-refractivity contribution in [1.82, 2.24) is 19.9 Å². The average Bonchev–Trinajstić information content (AvgIpc) is 2.95. The number of hydrogen-bond acceptors (Lipinski definition) is 9. The summed E-state index contributed by atoms with van der Waals surface area (Å²) in [5.74, 6) is 0.724. The molecule has 1 amide bonds. The van der Waals surface area contributed by atoms with E-state index in [0.717, 1.165) is 45.0 Å². The van der Waals surface area contributed by atoms with E-state index in [-0.39, 0.29) is 11.6 Å². The number of carbonyl (C=O) groups is 1. The fourth-order valence-electron chi connectivity index (χ4n) is 4.21. The number of benzene rings is 2. The van der Waals surface area contributed by atoms with Crippen LogP contribution in [0.15, 0.2) is 60.8 Å². The van der Waals surface area contributed by atoms with E-state index in [2.05, 4.69) is 25.2 Å². The lowest BCUT2D eigenvalue weighted by atomic mass is 10.1. The summed E-state index contributed by atoms with van der Waals surface area (Å²) in [5.41, 5.74) is 7.69. The monoisotopic (exact) mass is 548 g/mol. The van der Waals surface area contributed by atoms with Crippen molar-refractivity contribution >= 4 is 40.0 Å². The van der Waals surface area contributed by atoms with Crippen LogP contribution in [0.1, 0.15) is 22.6 Å². The van der Waals surface area contributed by atoms with Crippen LogP contribution in [-0.4, -0.2) is 65.2 Å². The predicted molar refractivity (Wildman–Crippen MR) is 149 cm³/mol. The molecule has 5 rings (SSSR count). The third-order valence-corrected chi connectivity index (χ3v) is 6.48. The third-order valence-electron chi connectivity index (χ3n) is 6.18. The molecule has 0 radical (unpaired) electrons. The molecule has 0 unspecified atom stereocenters. The number of nitrogens with zero attached hydrogens (tertiary/aromatic N) is 4. The lowest BCUT2D eigenvalue weighted by molar-refractivity contribution is 0.0358. The maximum absolute atomic E-state index is 12.2. The molecule has 2 aromatic heterocycles. The smallest absolute Gasteiger partial charge is 0.268 e. The normalized spacial score (nSPS) is 13.8. The first kappa shape index (κ1) is 26.6. The summed E-state index contributed by atoms with van der Waals surface area (Å²) in [7, 11) is 0. The Bertz CT molecular complexity index is 1430. The van der Waals surface area contributed by atoms with Crippen molar-refractivity contribution in [2.75, 3.05) is 44.8 Å². The van der Waals surface area contributed by atoms with Gasteiger partial charge in [0.15, 0.2) is 0 Å². The molecule has 0 atom stereocenters. The number of anilines is 2. The highest BCUT2D eigenvalue weighted by atomic mass is 35.5. The molecule has 4 aromatic rings. The molecule has 0 saturated carbocycles. The number of aromatic nitrogens is 3. The van der Waals surface area contributed by atoms with Crippen molar-refractivity contribution in [2.45, 2.75) is 13.0 Å². The highest BCUT2D eigenvalue weighted by Gasteiger charge is 2.15. The van der Waals surface area contributed by atoms with Gasteiger partial charge in [-0.3, -0.25) is 14.7 Å². The zero-order valence-electron chi connectivity index (χ0n) is 21.3. The summed E-state index contributed by atoms with van der Waals surface area (Å²) in [5, 5.41) is 4.05. The minimum atomic E-state index is -0.652. The number of nitrogens with two attached hydrogens (primary N) is 1. The second-order valence-corrected chi connectivity index (χ2v) is 9.38. The maximum atomic E-state index is 12.2. The van der Waals surface area contributed by atoms with Crippen molar-refractivity contribution in [2.24, 2.45) is 5.73 Å². The molecule has 1 fully saturated rings. The molecule has 1 aliphatic rings. The van der Waals surface area contributed by atoms with Crippen LogP contribution in [0.2, 0.25) is 5.02 Å². The van der Waals surface area contributed by atoms with E-state index in [1.165, 1.54) is 0 Å². The molecule has 3 heterocycles. The maximum Gasteiger partial charge on any atom is 0.268 e. The number of halogens is 1. The van der Waals surface area contributed by atoms with Crippen LogP contribution in [-0.2, 0) is 11.3 Å². The zero-order valence-corrected chi connectivity index (χ0v) is 22.1. The highest BCUT2D eigenvalue weighted by molar-refractivity contribution is 6.32. The molecular weight excluding hydrogens is 520 g/mol. The largest absolute Gasteiger partial charge is 0.493 e. The Kier molecular flexibility index (Phi) is 8.67. The van der Waals surface area contributed by atoms with Crippen LogP contribution in [0, 0.1) is 0 Å². The van der Waals surface area contributed by atoms with E-state index in [4.69, 9.17) is 31.5 Å². The van der Waals surface area contributed by atoms with E-state index in [0.29, 0.717) is 46.3 Å². The molecule has 11 heteroatoms. The topological polar surface area (TPSA) is 125 Å². The van der Waals surface area contributed by atoms with Crippen LogP contribution >= 0.6 is 11.6 Å². The minimum absolute atomic E-state index is 0.114. The fourth-order valence-corrected chi connectivity index (χ4v) is 4.44. The summed E-state index contributed by atoms with van der Waals surface area (Å²) >= 11 is 6.44. The van der Waals surface area contributed by atoms with Crippen molar-refractivity contribution in [3.63, 3.8) is 0 Å². The number of primary amides is 1. The Hall–Kier alpha value is -3.99. The number of fused-ring (bicyclic) bond motifs is 1. The van der Waals surface area contributed by atoms with Gasteiger partial charge in [-0.15, -0.1) is 0 Å². The number of rotatable bonds is 11. The van der Waals surface area contributed by atoms with Crippen molar-refractivity contribution in [3.8, 4) is 11.5 Å². The van der Waals surface area contributed by atoms with Crippen LogP contribution < -0.4 is 20.5 Å². The Labute approximate surface area is 231 Å². The molecule has 2 aromatic carbocycles. The van der Waals surface area contributed by atoms with Gasteiger partial charge in [0, 0.05) is 43.0 Å². The number of morpholine rings is 1. The number of carbonyl (C=O) groups excluding carboxylic acids is 1. The Morgan fingerprint density at radius 2 is 1.95 bits per heavy atom. The minimum Gasteiger partial charge on any atom is -0.493 e. The molecule has 1 saturated heterocycles. The van der Waals surface area contributed by atoms with Crippen molar-refractivity contribution in [3.05, 3.63) is 77.2 Å². The standard InChI is InChI=1S/C28H29ClN6O4/c29-23-16-19(5-8-25(23)39-18-20-4-1-2-9-31-20)32-28-33-24-17-21(6-7-22(24)26(34-28)27(30)36)38-13-3-10-35-11-14-37-15-12-35/h1-2,4-9,16-17H,3,10-15,18H2,(H2,30,36)(H,32,33,34). The summed E-state index contributed by atoms with van der Waals surface area (Å²) in [6.07, 6.45) is 2.60. The predicted octanol–water partition coefficient (Wildman–Crippen LogP) is 4.20. The lowest BCUT2D eigenvalue weighted by Crippen LogP contribution is -2.37. The second-order valence-electron chi connectivity index (χ2n) is 8.98. The van der Waals surface area contributed by atoms with Gasteiger partial charge in [0.05, 0.1) is 36.1 Å². The fraction of sp³-hybridized carbons (Fsp3) is 0.286. The van der Waals surface area contributed by atoms with Gasteiger partial charge < -0.3 is 25.3 Å². The van der Waals surface area contributed by atoms with Crippen LogP contribution in [0.25, 0.3) is 10.9 Å². The number of hydrogen-bond donors (Lipinski definition) is 2. The highest BCUT2D eigenvalue weighted by Crippen LogP contribution is 2.30. The summed E-state index contributed by atoms with van der Waals surface area (Å²) in [6.45, 7) is 5.26. The zero-order chi connectivity index (χ0) is 27.0. The van der Waals surface area contributed by atoms with Crippen molar-refractivity contribution < 1.29 is 19.0 Å². The van der Waals surface area contributed by atoms with Gasteiger partial charge in [-0.25, -0.2) is 9.97 Å². The first-order chi connectivity index (χ1) is 19.0. The molecule has 3 N–H and O–H groups in total. The molecule has 0 aliphatic carbocycles. The molecule has 202 valence electrons. The van der Waals surface area contributed by atoms with Gasteiger partial charge in [0.25, 0.3) is 5.91 Å². The average molecular weight is 549 g/mol. The second kappa shape index (κ2) is 12.7. The number of nitrogens with one attached hydrogen (secondary N) is 1. The molecule has 1 aliphatic heterocycles. The van der Waals surface area contributed by atoms with Gasteiger partial charge in [0.1, 0.15) is 23.8 Å². The molecule has 10 nitrogen and oxygen atoms in total. The van der Waals surface area contributed by atoms with Crippen LogP contribution in [0.3, 0.4) is 0 Å². The van der Waals surface area contributed by atoms with E-state index < -0.39 is 5.91 Å². The van der Waals surface area contributed by atoms with Crippen molar-refractivity contribution in [1.29, 1.82) is 0 Å². The van der Waals surface area contributed by atoms with E-state index in [1.54, 1.807) is 42.6 Å². The van der Waals surface area contributed by atoms with Gasteiger partial charge in [-0.1, -0.05) is 17.7 Å². The van der Waals surface area contributed by atoms with Gasteiger partial charge in [-0.05, 0) is 48.9 Å². The Morgan fingerprint density at radius 1 is 1.08 bits per heavy atom. The Balaban J connectivity index is 1.27. The molecule has 0 spiro atoms. The van der Waals surface area contributed by atoms with Crippen LogP contribution in [0.4, 0.5) is 11.6 Å².